The van der Waals surface area contributed by atoms with Gasteiger partial charge in [0.15, 0.2) is 0 Å². The monoisotopic (exact) mass is 384 g/mol. The Morgan fingerprint density at radius 2 is 1.07 bits per heavy atom. The third-order valence-electron chi connectivity index (χ3n) is 7.02. The van der Waals surface area contributed by atoms with Crippen LogP contribution in [0.3, 0.4) is 0 Å². The molecular formula is C30H24. The molecule has 5 aromatic rings. The number of rotatable bonds is 2. The molecule has 1 aliphatic rings. The van der Waals surface area contributed by atoms with Crippen molar-refractivity contribution in [2.24, 2.45) is 0 Å². The van der Waals surface area contributed by atoms with E-state index in [1.807, 2.05) is 0 Å². The zero-order valence-corrected chi connectivity index (χ0v) is 17.2. The topological polar surface area (TPSA) is 0 Å². The second-order valence-corrected chi connectivity index (χ2v) is 8.80. The van der Waals surface area contributed by atoms with Crippen molar-refractivity contribution in [2.45, 2.75) is 25.2 Å². The largest absolute Gasteiger partial charge is 0.0620 e. The van der Waals surface area contributed by atoms with Crippen LogP contribution in [0, 0.1) is 0 Å². The molecular weight excluding hydrogens is 360 g/mol. The highest BCUT2D eigenvalue weighted by molar-refractivity contribution is 6.02. The molecule has 0 nitrogen and oxygen atoms in total. The summed E-state index contributed by atoms with van der Waals surface area (Å²) in [4.78, 5) is 0. The quantitative estimate of drug-likeness (QED) is 0.277. The Hall–Kier alpha value is -3.38. The van der Waals surface area contributed by atoms with Crippen LogP contribution in [0.25, 0.3) is 21.5 Å². The van der Waals surface area contributed by atoms with Crippen molar-refractivity contribution in [1.29, 1.82) is 0 Å². The Labute approximate surface area is 177 Å². The zero-order valence-electron chi connectivity index (χ0n) is 17.2. The van der Waals surface area contributed by atoms with Crippen molar-refractivity contribution >= 4 is 21.5 Å². The summed E-state index contributed by atoms with van der Waals surface area (Å²) < 4.78 is 0. The molecule has 0 heteroatoms. The molecule has 0 N–H and O–H groups in total. The van der Waals surface area contributed by atoms with Crippen molar-refractivity contribution in [1.82, 2.24) is 0 Å². The lowest BCUT2D eigenvalue weighted by Crippen LogP contribution is -2.32. The van der Waals surface area contributed by atoms with E-state index in [0.717, 1.165) is 12.8 Å². The Kier molecular flexibility index (Phi) is 3.83. The lowest BCUT2D eigenvalue weighted by atomic mass is 9.64. The molecule has 0 amide bonds. The lowest BCUT2D eigenvalue weighted by Gasteiger charge is -2.39. The summed E-state index contributed by atoms with van der Waals surface area (Å²) in [5.41, 5.74) is 7.27. The van der Waals surface area contributed by atoms with Crippen molar-refractivity contribution in [3.63, 3.8) is 0 Å². The summed E-state index contributed by atoms with van der Waals surface area (Å²) >= 11 is 0. The highest BCUT2D eigenvalue weighted by atomic mass is 14.4. The van der Waals surface area contributed by atoms with Crippen molar-refractivity contribution in [3.8, 4) is 0 Å². The van der Waals surface area contributed by atoms with Gasteiger partial charge in [0.05, 0.1) is 0 Å². The number of fused-ring (bicyclic) bond motifs is 4. The zero-order chi connectivity index (χ0) is 20.1. The first-order valence-electron chi connectivity index (χ1n) is 10.8. The molecule has 0 atom stereocenters. The fraction of sp³-hybridized carbons (Fsp3) is 0.133. The van der Waals surface area contributed by atoms with Crippen LogP contribution in [-0.4, -0.2) is 0 Å². The molecule has 0 saturated heterocycles. The van der Waals surface area contributed by atoms with Crippen LogP contribution in [0.4, 0.5) is 0 Å². The molecule has 0 saturated carbocycles. The van der Waals surface area contributed by atoms with Crippen LogP contribution >= 0.6 is 0 Å². The number of hydrogen-bond acceptors (Lipinski definition) is 0. The summed E-state index contributed by atoms with van der Waals surface area (Å²) in [5.74, 6) is 0. The van der Waals surface area contributed by atoms with Gasteiger partial charge in [-0.05, 0) is 68.3 Å². The van der Waals surface area contributed by atoms with Crippen LogP contribution < -0.4 is 0 Å². The van der Waals surface area contributed by atoms with Gasteiger partial charge in [0.1, 0.15) is 0 Å². The van der Waals surface area contributed by atoms with E-state index in [2.05, 4.69) is 110 Å². The number of benzene rings is 5. The van der Waals surface area contributed by atoms with Gasteiger partial charge in [-0.3, -0.25) is 0 Å². The summed E-state index contributed by atoms with van der Waals surface area (Å²) in [6.07, 6.45) is 2.01. The second kappa shape index (κ2) is 6.57. The molecule has 0 fully saturated rings. The fourth-order valence-electron chi connectivity index (χ4n) is 5.62. The fourth-order valence-corrected chi connectivity index (χ4v) is 5.62. The van der Waals surface area contributed by atoms with Gasteiger partial charge < -0.3 is 0 Å². The smallest absolute Gasteiger partial charge is 0.0221 e. The van der Waals surface area contributed by atoms with Gasteiger partial charge in [-0.15, -0.1) is 0 Å². The lowest BCUT2D eigenvalue weighted by molar-refractivity contribution is 0.549. The van der Waals surface area contributed by atoms with E-state index in [4.69, 9.17) is 0 Å². The first-order valence-corrected chi connectivity index (χ1v) is 10.8. The third kappa shape index (κ3) is 2.53. The summed E-state index contributed by atoms with van der Waals surface area (Å²) in [7, 11) is 0. The molecule has 6 rings (SSSR count). The molecule has 144 valence electrons. The maximum atomic E-state index is 2.44. The standard InChI is InChI=1S/C30H24/c1-30(28-16-8-4-12-23(28)19-24-13-5-9-17-29(24)30)20-27-25-14-6-2-10-21(25)18-22-11-3-7-15-26(22)27/h2-18H,19-20H2,1H3. The summed E-state index contributed by atoms with van der Waals surface area (Å²) in [6.45, 7) is 2.44. The van der Waals surface area contributed by atoms with E-state index < -0.39 is 0 Å². The minimum atomic E-state index is -0.0572. The van der Waals surface area contributed by atoms with Gasteiger partial charge >= 0.3 is 0 Å². The van der Waals surface area contributed by atoms with E-state index in [9.17, 15) is 0 Å². The van der Waals surface area contributed by atoms with E-state index in [1.54, 1.807) is 0 Å². The molecule has 0 aromatic heterocycles. The third-order valence-corrected chi connectivity index (χ3v) is 7.02. The van der Waals surface area contributed by atoms with Gasteiger partial charge in [0.2, 0.25) is 0 Å². The van der Waals surface area contributed by atoms with Crippen molar-refractivity contribution in [2.75, 3.05) is 0 Å². The molecule has 0 spiro atoms. The Balaban J connectivity index is 1.66. The van der Waals surface area contributed by atoms with Crippen LogP contribution in [0.1, 0.15) is 34.7 Å². The SMILES string of the molecule is CC1(Cc2c3ccccc3cc3ccccc23)c2ccccc2Cc2ccccc21. The molecule has 30 heavy (non-hydrogen) atoms. The van der Waals surface area contributed by atoms with Crippen LogP contribution in [0.2, 0.25) is 0 Å². The summed E-state index contributed by atoms with van der Waals surface area (Å²) in [5, 5.41) is 5.40. The van der Waals surface area contributed by atoms with Crippen LogP contribution in [-0.2, 0) is 18.3 Å². The van der Waals surface area contributed by atoms with E-state index in [0.29, 0.717) is 0 Å². The van der Waals surface area contributed by atoms with Crippen LogP contribution in [0.5, 0.6) is 0 Å². The van der Waals surface area contributed by atoms with Gasteiger partial charge in [-0.1, -0.05) is 104 Å². The Bertz CT molecular complexity index is 1310. The molecule has 0 aliphatic heterocycles. The molecule has 0 heterocycles. The average molecular weight is 385 g/mol. The minimum Gasteiger partial charge on any atom is -0.0620 e. The molecule has 5 aromatic carbocycles. The number of hydrogen-bond donors (Lipinski definition) is 0. The van der Waals surface area contributed by atoms with Gasteiger partial charge in [-0.2, -0.15) is 0 Å². The molecule has 1 aliphatic carbocycles. The maximum absolute atomic E-state index is 2.44. The molecule has 0 bridgehead atoms. The van der Waals surface area contributed by atoms with Gasteiger partial charge in [-0.25, -0.2) is 0 Å². The highest BCUT2D eigenvalue weighted by Gasteiger charge is 2.37. The van der Waals surface area contributed by atoms with Crippen molar-refractivity contribution < 1.29 is 0 Å². The average Bonchev–Trinajstić information content (AvgIpc) is 2.79. The first-order chi connectivity index (χ1) is 14.7. The minimum absolute atomic E-state index is 0.0572. The van der Waals surface area contributed by atoms with E-state index >= 15 is 0 Å². The first kappa shape index (κ1) is 17.5. The molecule has 0 radical (unpaired) electrons. The normalized spacial score (nSPS) is 14.4. The highest BCUT2D eigenvalue weighted by Crippen LogP contribution is 2.45. The van der Waals surface area contributed by atoms with E-state index in [-0.39, 0.29) is 5.41 Å². The predicted octanol–water partition coefficient (Wildman–Crippen LogP) is 7.45. The maximum Gasteiger partial charge on any atom is 0.0221 e. The van der Waals surface area contributed by atoms with Crippen LogP contribution in [0.15, 0.2) is 103 Å². The van der Waals surface area contributed by atoms with Gasteiger partial charge in [0.25, 0.3) is 0 Å². The summed E-state index contributed by atoms with van der Waals surface area (Å²) in [6, 6.07) is 38.1. The van der Waals surface area contributed by atoms with Gasteiger partial charge in [0, 0.05) is 5.41 Å². The second-order valence-electron chi connectivity index (χ2n) is 8.80. The Morgan fingerprint density at radius 1 is 0.600 bits per heavy atom. The van der Waals surface area contributed by atoms with E-state index in [1.165, 1.54) is 49.4 Å². The molecule has 0 unspecified atom stereocenters. The Morgan fingerprint density at radius 3 is 1.63 bits per heavy atom. The predicted molar refractivity (Wildman–Crippen MR) is 127 cm³/mol. The van der Waals surface area contributed by atoms with Crippen molar-refractivity contribution in [3.05, 3.63) is 131 Å².